The van der Waals surface area contributed by atoms with E-state index in [1.165, 1.54) is 0 Å². The second kappa shape index (κ2) is 8.38. The average Bonchev–Trinajstić information content (AvgIpc) is 3.43. The lowest BCUT2D eigenvalue weighted by molar-refractivity contribution is -0.0176. The van der Waals surface area contributed by atoms with Gasteiger partial charge in [0.05, 0.1) is 12.2 Å². The van der Waals surface area contributed by atoms with Crippen LogP contribution in [0.2, 0.25) is 0 Å². The van der Waals surface area contributed by atoms with Gasteiger partial charge in [-0.2, -0.15) is 0 Å². The highest BCUT2D eigenvalue weighted by Crippen LogP contribution is 2.41. The van der Waals surface area contributed by atoms with E-state index < -0.39 is 0 Å². The standard InChI is InChI=1S/C26H19BrO7/c1-14-20(30-11-17-9-18(27)8-16-10-29-12-33-26(16)17)5-3-19-24(28)23(34-25(14)19)7-15-2-4-21-22(6-15)32-13-31-21/h2-9H,10-13H2,1H3/b23-7-. The van der Waals surface area contributed by atoms with Crippen molar-refractivity contribution in [3.63, 3.8) is 0 Å². The van der Waals surface area contributed by atoms with E-state index >= 15 is 0 Å². The molecule has 6 rings (SSSR count). The highest BCUT2D eigenvalue weighted by molar-refractivity contribution is 9.10. The number of ether oxygens (including phenoxy) is 6. The molecule has 0 N–H and O–H groups in total. The number of hydrogen-bond donors (Lipinski definition) is 0. The van der Waals surface area contributed by atoms with E-state index in [9.17, 15) is 4.79 Å². The van der Waals surface area contributed by atoms with E-state index in [-0.39, 0.29) is 25.1 Å². The minimum absolute atomic E-state index is 0.170. The molecule has 0 unspecified atom stereocenters. The molecule has 0 spiro atoms. The number of carbonyl (C=O) groups is 1. The zero-order valence-electron chi connectivity index (χ0n) is 18.2. The van der Waals surface area contributed by atoms with E-state index in [4.69, 9.17) is 28.4 Å². The third-order valence-corrected chi connectivity index (χ3v) is 6.32. The summed E-state index contributed by atoms with van der Waals surface area (Å²) >= 11 is 3.53. The van der Waals surface area contributed by atoms with Gasteiger partial charge < -0.3 is 28.4 Å². The highest BCUT2D eigenvalue weighted by Gasteiger charge is 2.30. The Bertz CT molecular complexity index is 1360. The maximum absolute atomic E-state index is 13.0. The first kappa shape index (κ1) is 21.1. The Morgan fingerprint density at radius 2 is 1.88 bits per heavy atom. The van der Waals surface area contributed by atoms with Gasteiger partial charge in [0.25, 0.3) is 0 Å². The lowest BCUT2D eigenvalue weighted by Crippen LogP contribution is -2.14. The third kappa shape index (κ3) is 3.69. The molecular formula is C26H19BrO7. The molecule has 0 aliphatic carbocycles. The fourth-order valence-electron chi connectivity index (χ4n) is 4.20. The fraction of sp³-hybridized carbons (Fsp3) is 0.192. The van der Waals surface area contributed by atoms with Gasteiger partial charge in [-0.3, -0.25) is 4.79 Å². The van der Waals surface area contributed by atoms with Crippen LogP contribution in [0.5, 0.6) is 28.7 Å². The molecule has 3 aliphatic heterocycles. The van der Waals surface area contributed by atoms with Gasteiger partial charge in [-0.25, -0.2) is 0 Å². The number of benzene rings is 3. The van der Waals surface area contributed by atoms with Crippen LogP contribution in [0.25, 0.3) is 6.08 Å². The highest BCUT2D eigenvalue weighted by atomic mass is 79.9. The summed E-state index contributed by atoms with van der Waals surface area (Å²) < 4.78 is 34.9. The summed E-state index contributed by atoms with van der Waals surface area (Å²) in [7, 11) is 0. The van der Waals surface area contributed by atoms with Gasteiger partial charge in [-0.15, -0.1) is 0 Å². The second-order valence-electron chi connectivity index (χ2n) is 8.07. The zero-order valence-corrected chi connectivity index (χ0v) is 19.8. The first-order valence-corrected chi connectivity index (χ1v) is 11.5. The summed E-state index contributed by atoms with van der Waals surface area (Å²) in [5, 5.41) is 0. The van der Waals surface area contributed by atoms with Crippen LogP contribution in [-0.2, 0) is 18.0 Å². The molecule has 3 aromatic carbocycles. The summed E-state index contributed by atoms with van der Waals surface area (Å²) in [5.74, 6) is 3.35. The Hall–Kier alpha value is -3.49. The van der Waals surface area contributed by atoms with Crippen LogP contribution in [0.15, 0.2) is 52.7 Å². The maximum atomic E-state index is 13.0. The Morgan fingerprint density at radius 1 is 1.00 bits per heavy atom. The van der Waals surface area contributed by atoms with Gasteiger partial charge in [0.15, 0.2) is 24.1 Å². The van der Waals surface area contributed by atoms with Crippen LogP contribution in [0.3, 0.4) is 0 Å². The SMILES string of the molecule is Cc1c(OCc2cc(Br)cc3c2OCOC3)ccc2c1O/C(=C\c1ccc3c(c1)OCO3)C2=O. The lowest BCUT2D eigenvalue weighted by Gasteiger charge is -2.21. The Balaban J connectivity index is 1.24. The number of fused-ring (bicyclic) bond motifs is 3. The van der Waals surface area contributed by atoms with E-state index in [0.717, 1.165) is 32.5 Å². The molecule has 0 bridgehead atoms. The summed E-state index contributed by atoms with van der Waals surface area (Å²) in [6, 6.07) is 13.0. The Kier molecular flexibility index (Phi) is 5.19. The van der Waals surface area contributed by atoms with Crippen molar-refractivity contribution in [2.24, 2.45) is 0 Å². The van der Waals surface area contributed by atoms with Crippen molar-refractivity contribution in [2.75, 3.05) is 13.6 Å². The monoisotopic (exact) mass is 522 g/mol. The number of allylic oxidation sites excluding steroid dienone is 1. The van der Waals surface area contributed by atoms with E-state index in [2.05, 4.69) is 15.9 Å². The Morgan fingerprint density at radius 3 is 2.79 bits per heavy atom. The molecular weight excluding hydrogens is 504 g/mol. The van der Waals surface area contributed by atoms with Crippen molar-refractivity contribution in [1.29, 1.82) is 0 Å². The van der Waals surface area contributed by atoms with Crippen LogP contribution in [0, 0.1) is 6.92 Å². The van der Waals surface area contributed by atoms with Crippen molar-refractivity contribution in [3.05, 3.63) is 80.5 Å². The summed E-state index contributed by atoms with van der Waals surface area (Å²) in [6.07, 6.45) is 1.71. The molecule has 0 radical (unpaired) electrons. The fourth-order valence-corrected chi connectivity index (χ4v) is 4.75. The van der Waals surface area contributed by atoms with Gasteiger partial charge in [-0.1, -0.05) is 22.0 Å². The number of carbonyl (C=O) groups excluding carboxylic acids is 1. The molecule has 0 fully saturated rings. The van der Waals surface area contributed by atoms with E-state index in [1.54, 1.807) is 18.2 Å². The third-order valence-electron chi connectivity index (χ3n) is 5.87. The molecule has 172 valence electrons. The van der Waals surface area contributed by atoms with Crippen LogP contribution >= 0.6 is 15.9 Å². The summed E-state index contributed by atoms with van der Waals surface area (Å²) in [5.41, 5.74) is 3.94. The second-order valence-corrected chi connectivity index (χ2v) is 8.99. The zero-order chi connectivity index (χ0) is 23.2. The predicted octanol–water partition coefficient (Wildman–Crippen LogP) is 5.55. The number of ketones is 1. The number of hydrogen-bond acceptors (Lipinski definition) is 7. The lowest BCUT2D eigenvalue weighted by atomic mass is 10.1. The molecule has 0 saturated heterocycles. The Labute approximate surface area is 203 Å². The van der Waals surface area contributed by atoms with Crippen LogP contribution in [0.1, 0.15) is 32.6 Å². The van der Waals surface area contributed by atoms with Gasteiger partial charge in [-0.05, 0) is 55.0 Å². The molecule has 0 atom stereocenters. The van der Waals surface area contributed by atoms with Crippen molar-refractivity contribution < 1.29 is 33.2 Å². The maximum Gasteiger partial charge on any atom is 0.231 e. The molecule has 3 aromatic rings. The van der Waals surface area contributed by atoms with E-state index in [0.29, 0.717) is 41.8 Å². The summed E-state index contributed by atoms with van der Waals surface area (Å²) in [4.78, 5) is 13.0. The minimum atomic E-state index is -0.170. The molecule has 8 heteroatoms. The van der Waals surface area contributed by atoms with Crippen molar-refractivity contribution in [3.8, 4) is 28.7 Å². The normalized spacial score (nSPS) is 16.6. The van der Waals surface area contributed by atoms with Gasteiger partial charge in [0, 0.05) is 21.2 Å². The largest absolute Gasteiger partial charge is 0.488 e. The van der Waals surface area contributed by atoms with Gasteiger partial charge in [0.1, 0.15) is 23.9 Å². The molecule has 0 saturated carbocycles. The first-order valence-electron chi connectivity index (χ1n) is 10.7. The molecule has 0 amide bonds. The van der Waals surface area contributed by atoms with E-state index in [1.807, 2.05) is 37.3 Å². The number of Topliss-reactive ketones (excluding diaryl/α,β-unsaturated/α-hetero) is 1. The van der Waals surface area contributed by atoms with Crippen LogP contribution in [-0.4, -0.2) is 19.4 Å². The predicted molar refractivity (Wildman–Crippen MR) is 125 cm³/mol. The van der Waals surface area contributed by atoms with Crippen molar-refractivity contribution >= 4 is 27.8 Å². The molecule has 7 nitrogen and oxygen atoms in total. The summed E-state index contributed by atoms with van der Waals surface area (Å²) in [6.45, 7) is 3.09. The van der Waals surface area contributed by atoms with Crippen LogP contribution < -0.4 is 23.7 Å². The quantitative estimate of drug-likeness (QED) is 0.416. The average molecular weight is 523 g/mol. The minimum Gasteiger partial charge on any atom is -0.488 e. The smallest absolute Gasteiger partial charge is 0.231 e. The number of halogens is 1. The van der Waals surface area contributed by atoms with Gasteiger partial charge in [0.2, 0.25) is 12.6 Å². The van der Waals surface area contributed by atoms with Crippen molar-refractivity contribution in [1.82, 2.24) is 0 Å². The molecule has 34 heavy (non-hydrogen) atoms. The van der Waals surface area contributed by atoms with Crippen molar-refractivity contribution in [2.45, 2.75) is 20.1 Å². The topological polar surface area (TPSA) is 72.5 Å². The molecule has 3 aliphatic rings. The van der Waals surface area contributed by atoms with Crippen LogP contribution in [0.4, 0.5) is 0 Å². The number of rotatable bonds is 4. The first-order chi connectivity index (χ1) is 16.6. The molecule has 0 aromatic heterocycles. The molecule has 3 heterocycles. The van der Waals surface area contributed by atoms with Gasteiger partial charge >= 0.3 is 0 Å².